The Bertz CT molecular complexity index is 368. The maximum absolute atomic E-state index is 5.80. The molecule has 0 spiro atoms. The molecule has 18 heavy (non-hydrogen) atoms. The lowest BCUT2D eigenvalue weighted by atomic mass is 9.93. The fourth-order valence-corrected chi connectivity index (χ4v) is 1.71. The molecular weight excluding hydrogens is 228 g/mol. The van der Waals surface area contributed by atoms with Gasteiger partial charge in [-0.3, -0.25) is 4.98 Å². The molecule has 0 saturated heterocycles. The third kappa shape index (κ3) is 4.14. The Kier molecular flexibility index (Phi) is 5.34. The Morgan fingerprint density at radius 3 is 2.67 bits per heavy atom. The molecule has 0 amide bonds. The summed E-state index contributed by atoms with van der Waals surface area (Å²) in [5.41, 5.74) is 5.85. The van der Waals surface area contributed by atoms with Crippen LogP contribution < -0.4 is 15.4 Å². The zero-order valence-electron chi connectivity index (χ0n) is 11.8. The first kappa shape index (κ1) is 14.7. The van der Waals surface area contributed by atoms with Crippen molar-refractivity contribution in [1.29, 1.82) is 0 Å². The molecule has 0 aliphatic rings. The molecule has 1 aromatic rings. The van der Waals surface area contributed by atoms with Gasteiger partial charge >= 0.3 is 0 Å². The molecule has 2 N–H and O–H groups in total. The number of rotatable bonds is 7. The summed E-state index contributed by atoms with van der Waals surface area (Å²) in [5.74, 6) is 1.39. The van der Waals surface area contributed by atoms with Crippen LogP contribution in [-0.4, -0.2) is 36.7 Å². The molecule has 0 radical (unpaired) electrons. The van der Waals surface area contributed by atoms with E-state index >= 15 is 0 Å². The zero-order valence-corrected chi connectivity index (χ0v) is 11.8. The Hall–Kier alpha value is -1.36. The second-order valence-electron chi connectivity index (χ2n) is 5.21. The van der Waals surface area contributed by atoms with Gasteiger partial charge in [0.15, 0.2) is 5.82 Å². The van der Waals surface area contributed by atoms with E-state index < -0.39 is 0 Å². The van der Waals surface area contributed by atoms with Crippen molar-refractivity contribution >= 4 is 5.82 Å². The lowest BCUT2D eigenvalue weighted by molar-refractivity contribution is 0.372. The first-order valence-corrected chi connectivity index (χ1v) is 6.33. The standard InChI is InChI=1S/C13H24N4O/c1-5-6-17(10-13(2,3)9-14)11-7-15-8-12(16-11)18-4/h7-8H,5-6,9-10,14H2,1-4H3. The van der Waals surface area contributed by atoms with E-state index in [4.69, 9.17) is 10.5 Å². The second kappa shape index (κ2) is 6.54. The van der Waals surface area contributed by atoms with Crippen LogP contribution in [0.4, 0.5) is 5.82 Å². The van der Waals surface area contributed by atoms with Crippen LogP contribution in [0.3, 0.4) is 0 Å². The van der Waals surface area contributed by atoms with E-state index in [1.165, 1.54) is 0 Å². The predicted octanol–water partition coefficient (Wildman–Crippen LogP) is 1.69. The van der Waals surface area contributed by atoms with Crippen molar-refractivity contribution in [3.63, 3.8) is 0 Å². The largest absolute Gasteiger partial charge is 0.480 e. The minimum absolute atomic E-state index is 0.0555. The van der Waals surface area contributed by atoms with E-state index in [2.05, 4.69) is 35.6 Å². The Morgan fingerprint density at radius 1 is 1.39 bits per heavy atom. The SMILES string of the molecule is CCCN(CC(C)(C)CN)c1cncc(OC)n1. The average molecular weight is 252 g/mol. The van der Waals surface area contributed by atoms with Gasteiger partial charge in [0.05, 0.1) is 19.5 Å². The molecule has 0 aliphatic heterocycles. The van der Waals surface area contributed by atoms with Crippen molar-refractivity contribution < 1.29 is 4.74 Å². The Morgan fingerprint density at radius 2 is 2.11 bits per heavy atom. The third-order valence-corrected chi connectivity index (χ3v) is 2.80. The molecule has 0 fully saturated rings. The van der Waals surface area contributed by atoms with Crippen molar-refractivity contribution in [3.8, 4) is 5.88 Å². The zero-order chi connectivity index (χ0) is 13.6. The minimum atomic E-state index is 0.0555. The van der Waals surface area contributed by atoms with Crippen LogP contribution in [-0.2, 0) is 0 Å². The van der Waals surface area contributed by atoms with Crippen molar-refractivity contribution in [2.45, 2.75) is 27.2 Å². The number of ether oxygens (including phenoxy) is 1. The van der Waals surface area contributed by atoms with E-state index in [9.17, 15) is 0 Å². The molecule has 0 aromatic carbocycles. The van der Waals surface area contributed by atoms with Gasteiger partial charge in [-0.15, -0.1) is 0 Å². The maximum atomic E-state index is 5.80. The fourth-order valence-electron chi connectivity index (χ4n) is 1.71. The van der Waals surface area contributed by atoms with Crippen molar-refractivity contribution in [2.24, 2.45) is 11.1 Å². The molecule has 5 nitrogen and oxygen atoms in total. The van der Waals surface area contributed by atoms with E-state index in [1.54, 1.807) is 19.5 Å². The lowest BCUT2D eigenvalue weighted by Gasteiger charge is -2.32. The van der Waals surface area contributed by atoms with Crippen LogP contribution in [0.25, 0.3) is 0 Å². The van der Waals surface area contributed by atoms with Crippen LogP contribution in [0, 0.1) is 5.41 Å². The van der Waals surface area contributed by atoms with Gasteiger partial charge in [-0.2, -0.15) is 4.98 Å². The van der Waals surface area contributed by atoms with Crippen molar-refractivity contribution in [2.75, 3.05) is 31.6 Å². The number of methoxy groups -OCH3 is 1. The van der Waals surface area contributed by atoms with Gasteiger partial charge in [0, 0.05) is 13.1 Å². The summed E-state index contributed by atoms with van der Waals surface area (Å²) >= 11 is 0. The molecule has 5 heteroatoms. The van der Waals surface area contributed by atoms with Gasteiger partial charge in [-0.05, 0) is 18.4 Å². The third-order valence-electron chi connectivity index (χ3n) is 2.80. The summed E-state index contributed by atoms with van der Waals surface area (Å²) in [6.45, 7) is 8.90. The minimum Gasteiger partial charge on any atom is -0.480 e. The van der Waals surface area contributed by atoms with Crippen LogP contribution in [0.5, 0.6) is 5.88 Å². The van der Waals surface area contributed by atoms with Crippen LogP contribution in [0.2, 0.25) is 0 Å². The number of nitrogens with zero attached hydrogens (tertiary/aromatic N) is 3. The summed E-state index contributed by atoms with van der Waals surface area (Å²) in [5, 5.41) is 0. The predicted molar refractivity (Wildman–Crippen MR) is 73.9 cm³/mol. The van der Waals surface area contributed by atoms with Gasteiger partial charge in [0.2, 0.25) is 5.88 Å². The van der Waals surface area contributed by atoms with E-state index in [0.29, 0.717) is 12.4 Å². The van der Waals surface area contributed by atoms with Gasteiger partial charge < -0.3 is 15.4 Å². The Labute approximate surface area is 109 Å². The summed E-state index contributed by atoms with van der Waals surface area (Å²) in [7, 11) is 1.60. The highest BCUT2D eigenvalue weighted by molar-refractivity contribution is 5.37. The fraction of sp³-hybridized carbons (Fsp3) is 0.692. The highest BCUT2D eigenvalue weighted by Crippen LogP contribution is 2.21. The number of anilines is 1. The molecular formula is C13H24N4O. The smallest absolute Gasteiger partial charge is 0.233 e. The highest BCUT2D eigenvalue weighted by Gasteiger charge is 2.21. The molecule has 1 aromatic heterocycles. The van der Waals surface area contributed by atoms with Crippen LogP contribution in [0.1, 0.15) is 27.2 Å². The van der Waals surface area contributed by atoms with Crippen LogP contribution >= 0.6 is 0 Å². The highest BCUT2D eigenvalue weighted by atomic mass is 16.5. The molecule has 102 valence electrons. The maximum Gasteiger partial charge on any atom is 0.233 e. The number of aromatic nitrogens is 2. The average Bonchev–Trinajstić information content (AvgIpc) is 2.38. The molecule has 0 aliphatic carbocycles. The van der Waals surface area contributed by atoms with E-state index in [0.717, 1.165) is 25.3 Å². The summed E-state index contributed by atoms with van der Waals surface area (Å²) in [4.78, 5) is 10.8. The van der Waals surface area contributed by atoms with E-state index in [-0.39, 0.29) is 5.41 Å². The summed E-state index contributed by atoms with van der Waals surface area (Å²) < 4.78 is 5.11. The van der Waals surface area contributed by atoms with Crippen LogP contribution in [0.15, 0.2) is 12.4 Å². The monoisotopic (exact) mass is 252 g/mol. The normalized spacial score (nSPS) is 11.4. The number of hydrogen-bond donors (Lipinski definition) is 1. The first-order chi connectivity index (χ1) is 8.52. The summed E-state index contributed by atoms with van der Waals surface area (Å²) in [6.07, 6.45) is 4.44. The molecule has 0 atom stereocenters. The number of nitrogens with two attached hydrogens (primary N) is 1. The summed E-state index contributed by atoms with van der Waals surface area (Å²) in [6, 6.07) is 0. The quantitative estimate of drug-likeness (QED) is 0.800. The van der Waals surface area contributed by atoms with Crippen molar-refractivity contribution in [3.05, 3.63) is 12.4 Å². The lowest BCUT2D eigenvalue weighted by Crippen LogP contribution is -2.39. The van der Waals surface area contributed by atoms with E-state index in [1.807, 2.05) is 0 Å². The Balaban J connectivity index is 2.89. The van der Waals surface area contributed by atoms with Crippen molar-refractivity contribution in [1.82, 2.24) is 9.97 Å². The number of hydrogen-bond acceptors (Lipinski definition) is 5. The van der Waals surface area contributed by atoms with Gasteiger partial charge in [-0.25, -0.2) is 0 Å². The van der Waals surface area contributed by atoms with Gasteiger partial charge in [0.25, 0.3) is 0 Å². The molecule has 0 bridgehead atoms. The van der Waals surface area contributed by atoms with Gasteiger partial charge in [-0.1, -0.05) is 20.8 Å². The second-order valence-corrected chi connectivity index (χ2v) is 5.21. The first-order valence-electron chi connectivity index (χ1n) is 6.33. The molecule has 0 unspecified atom stereocenters. The van der Waals surface area contributed by atoms with Gasteiger partial charge in [0.1, 0.15) is 0 Å². The topological polar surface area (TPSA) is 64.3 Å². The molecule has 1 rings (SSSR count). The molecule has 0 saturated carbocycles. The molecule has 1 heterocycles.